The van der Waals surface area contributed by atoms with Crippen LogP contribution >= 0.6 is 11.6 Å². The number of rotatable bonds is 4. The predicted octanol–water partition coefficient (Wildman–Crippen LogP) is 2.54. The number of halogens is 1. The lowest BCUT2D eigenvalue weighted by Gasteiger charge is -2.44. The highest BCUT2D eigenvalue weighted by molar-refractivity contribution is 6.31. The summed E-state index contributed by atoms with van der Waals surface area (Å²) in [5.74, 6) is 0.581. The molecule has 0 spiro atoms. The van der Waals surface area contributed by atoms with E-state index in [-0.39, 0.29) is 24.8 Å². The first-order valence-corrected chi connectivity index (χ1v) is 11.1. The summed E-state index contributed by atoms with van der Waals surface area (Å²) < 4.78 is 5.58. The van der Waals surface area contributed by atoms with Gasteiger partial charge in [-0.15, -0.1) is 0 Å². The Morgan fingerprint density at radius 3 is 2.62 bits per heavy atom. The standard InChI is InChI=1S/C23H26ClN5O3/c1-26-20-19(21(30)29(23(26)31)14-15-8-3-4-9-16(15)24)28-13-7-12-27(22(28)25-20)17-10-5-6-11-18(17)32-2/h3-6,8-11,19-20,22,25H,7,12-14H2,1-2H3. The fourth-order valence-corrected chi connectivity index (χ4v) is 5.17. The molecule has 3 atom stereocenters. The largest absolute Gasteiger partial charge is 0.495 e. The summed E-state index contributed by atoms with van der Waals surface area (Å²) in [4.78, 5) is 34.1. The SMILES string of the molecule is COc1ccccc1N1CCCN2C3C(=O)N(Cc4ccccc4Cl)C(=O)N(C)C3NC12. The molecule has 2 aromatic rings. The maximum absolute atomic E-state index is 13.6. The second-order valence-electron chi connectivity index (χ2n) is 8.30. The molecule has 5 rings (SSSR count). The van der Waals surface area contributed by atoms with Crippen LogP contribution < -0.4 is 15.0 Å². The molecular weight excluding hydrogens is 430 g/mol. The van der Waals surface area contributed by atoms with Crippen molar-refractivity contribution in [2.75, 3.05) is 32.1 Å². The first-order valence-electron chi connectivity index (χ1n) is 10.7. The molecule has 8 nitrogen and oxygen atoms in total. The van der Waals surface area contributed by atoms with Crippen molar-refractivity contribution in [3.05, 3.63) is 59.1 Å². The Morgan fingerprint density at radius 2 is 1.84 bits per heavy atom. The van der Waals surface area contributed by atoms with Gasteiger partial charge in [0.05, 0.1) is 19.3 Å². The van der Waals surface area contributed by atoms with Gasteiger partial charge in [0.1, 0.15) is 24.2 Å². The minimum atomic E-state index is -0.470. The average molecular weight is 456 g/mol. The number of amides is 3. The highest BCUT2D eigenvalue weighted by Crippen LogP contribution is 2.37. The molecule has 32 heavy (non-hydrogen) atoms. The molecule has 3 aliphatic rings. The first kappa shape index (κ1) is 21.1. The van der Waals surface area contributed by atoms with Crippen LogP contribution in [0.2, 0.25) is 5.02 Å². The Kier molecular flexibility index (Phi) is 5.44. The Bertz CT molecular complexity index is 1050. The number of para-hydroxylation sites is 2. The van der Waals surface area contributed by atoms with Crippen LogP contribution in [0.15, 0.2) is 48.5 Å². The van der Waals surface area contributed by atoms with Crippen molar-refractivity contribution in [2.24, 2.45) is 0 Å². The zero-order valence-electron chi connectivity index (χ0n) is 18.1. The van der Waals surface area contributed by atoms with Gasteiger partial charge in [-0.1, -0.05) is 41.9 Å². The molecule has 3 saturated heterocycles. The second kappa shape index (κ2) is 8.27. The van der Waals surface area contributed by atoms with Crippen LogP contribution in [0.5, 0.6) is 5.75 Å². The van der Waals surface area contributed by atoms with Gasteiger partial charge in [0.15, 0.2) is 0 Å². The van der Waals surface area contributed by atoms with Crippen LogP contribution in [0.1, 0.15) is 12.0 Å². The number of urea groups is 1. The topological polar surface area (TPSA) is 68.4 Å². The van der Waals surface area contributed by atoms with E-state index in [9.17, 15) is 9.59 Å². The first-order chi connectivity index (χ1) is 15.5. The summed E-state index contributed by atoms with van der Waals surface area (Å²) in [7, 11) is 3.40. The third kappa shape index (κ3) is 3.30. The number of carbonyl (C=O) groups is 2. The fraction of sp³-hybridized carbons (Fsp3) is 0.391. The van der Waals surface area contributed by atoms with Crippen LogP contribution in [-0.4, -0.2) is 72.4 Å². The molecule has 3 fully saturated rings. The highest BCUT2D eigenvalue weighted by atomic mass is 35.5. The van der Waals surface area contributed by atoms with E-state index in [1.54, 1.807) is 25.1 Å². The van der Waals surface area contributed by atoms with Gasteiger partial charge in [-0.2, -0.15) is 0 Å². The van der Waals surface area contributed by atoms with Gasteiger partial charge in [-0.05, 0) is 30.2 Å². The minimum absolute atomic E-state index is 0.152. The number of fused-ring (bicyclic) bond motifs is 3. The molecule has 9 heteroatoms. The van der Waals surface area contributed by atoms with Crippen molar-refractivity contribution >= 4 is 29.2 Å². The molecule has 3 aliphatic heterocycles. The van der Waals surface area contributed by atoms with Gasteiger partial charge in [0.2, 0.25) is 0 Å². The maximum atomic E-state index is 13.6. The summed E-state index contributed by atoms with van der Waals surface area (Å²) in [6, 6.07) is 14.4. The van der Waals surface area contributed by atoms with Gasteiger partial charge >= 0.3 is 6.03 Å². The average Bonchev–Trinajstić information content (AvgIpc) is 3.21. The zero-order valence-corrected chi connectivity index (χ0v) is 18.8. The summed E-state index contributed by atoms with van der Waals surface area (Å²) in [6.07, 6.45) is 0.279. The normalized spacial score (nSPS) is 25.7. The van der Waals surface area contributed by atoms with Gasteiger partial charge in [-0.3, -0.25) is 19.9 Å². The molecule has 168 valence electrons. The fourth-order valence-electron chi connectivity index (χ4n) is 4.97. The lowest BCUT2D eigenvalue weighted by atomic mass is 10.1. The lowest BCUT2D eigenvalue weighted by Crippen LogP contribution is -2.66. The van der Waals surface area contributed by atoms with Crippen molar-refractivity contribution in [3.8, 4) is 5.75 Å². The van der Waals surface area contributed by atoms with E-state index in [2.05, 4.69) is 15.1 Å². The molecule has 3 unspecified atom stereocenters. The van der Waals surface area contributed by atoms with Crippen LogP contribution in [0.3, 0.4) is 0 Å². The number of methoxy groups -OCH3 is 1. The van der Waals surface area contributed by atoms with Gasteiger partial charge < -0.3 is 14.5 Å². The van der Waals surface area contributed by atoms with Crippen molar-refractivity contribution in [2.45, 2.75) is 31.5 Å². The Morgan fingerprint density at radius 1 is 1.09 bits per heavy atom. The number of hydrogen-bond donors (Lipinski definition) is 1. The number of anilines is 1. The summed E-state index contributed by atoms with van der Waals surface area (Å²) in [5, 5.41) is 4.07. The van der Waals surface area contributed by atoms with E-state index in [0.29, 0.717) is 5.02 Å². The van der Waals surface area contributed by atoms with Gasteiger partial charge in [0.25, 0.3) is 5.91 Å². The number of likely N-dealkylation sites (N-methyl/N-ethyl adjacent to an activating group) is 1. The van der Waals surface area contributed by atoms with Gasteiger partial charge in [0, 0.05) is 25.2 Å². The van der Waals surface area contributed by atoms with Crippen molar-refractivity contribution < 1.29 is 14.3 Å². The van der Waals surface area contributed by atoms with E-state index in [1.807, 2.05) is 42.5 Å². The Hall–Kier alpha value is -2.81. The second-order valence-corrected chi connectivity index (χ2v) is 8.70. The number of carbonyl (C=O) groups excluding carboxylic acids is 2. The number of imide groups is 1. The molecular formula is C23H26ClN5O3. The summed E-state index contributed by atoms with van der Waals surface area (Å²) in [6.45, 7) is 1.74. The predicted molar refractivity (Wildman–Crippen MR) is 121 cm³/mol. The summed E-state index contributed by atoms with van der Waals surface area (Å²) >= 11 is 6.31. The van der Waals surface area contributed by atoms with Crippen molar-refractivity contribution in [3.63, 3.8) is 0 Å². The molecule has 0 aliphatic carbocycles. The summed E-state index contributed by atoms with van der Waals surface area (Å²) in [5.41, 5.74) is 1.71. The molecule has 1 N–H and O–H groups in total. The third-order valence-corrected chi connectivity index (χ3v) is 6.92. The number of hydrogen-bond acceptors (Lipinski definition) is 6. The van der Waals surface area contributed by atoms with Crippen molar-refractivity contribution in [1.29, 1.82) is 0 Å². The van der Waals surface area contributed by atoms with E-state index < -0.39 is 12.2 Å². The number of nitrogens with one attached hydrogen (secondary N) is 1. The highest BCUT2D eigenvalue weighted by Gasteiger charge is 2.56. The van der Waals surface area contributed by atoms with E-state index >= 15 is 0 Å². The smallest absolute Gasteiger partial charge is 0.328 e. The molecule has 0 saturated carbocycles. The number of benzene rings is 2. The minimum Gasteiger partial charge on any atom is -0.495 e. The third-order valence-electron chi connectivity index (χ3n) is 6.55. The van der Waals surface area contributed by atoms with Crippen molar-refractivity contribution in [1.82, 2.24) is 20.0 Å². The quantitative estimate of drug-likeness (QED) is 0.764. The van der Waals surface area contributed by atoms with E-state index in [4.69, 9.17) is 16.3 Å². The zero-order chi connectivity index (χ0) is 22.4. The molecule has 0 aromatic heterocycles. The molecule has 3 amide bonds. The molecule has 2 aromatic carbocycles. The van der Waals surface area contributed by atoms with E-state index in [0.717, 1.165) is 36.5 Å². The maximum Gasteiger partial charge on any atom is 0.328 e. The Labute approximate surface area is 192 Å². The van der Waals surface area contributed by atoms with E-state index in [1.165, 1.54) is 4.90 Å². The van der Waals surface area contributed by atoms with Crippen LogP contribution in [0.25, 0.3) is 0 Å². The molecule has 3 heterocycles. The lowest BCUT2D eigenvalue weighted by molar-refractivity contribution is -0.139. The Balaban J connectivity index is 1.46. The molecule has 0 bridgehead atoms. The van der Waals surface area contributed by atoms with Crippen LogP contribution in [-0.2, 0) is 11.3 Å². The molecule has 0 radical (unpaired) electrons. The van der Waals surface area contributed by atoms with Crippen LogP contribution in [0, 0.1) is 0 Å². The van der Waals surface area contributed by atoms with Gasteiger partial charge in [-0.25, -0.2) is 4.79 Å². The number of ether oxygens (including phenoxy) is 1. The monoisotopic (exact) mass is 455 g/mol. The number of nitrogens with zero attached hydrogens (tertiary/aromatic N) is 4. The van der Waals surface area contributed by atoms with Crippen LogP contribution in [0.4, 0.5) is 10.5 Å².